The van der Waals surface area contributed by atoms with E-state index >= 15 is 0 Å². The van der Waals surface area contributed by atoms with Crippen molar-refractivity contribution in [2.75, 3.05) is 0 Å². The van der Waals surface area contributed by atoms with Gasteiger partial charge in [-0.25, -0.2) is 4.68 Å². The lowest BCUT2D eigenvalue weighted by Crippen LogP contribution is -1.99. The zero-order chi connectivity index (χ0) is 11.1. The van der Waals surface area contributed by atoms with Crippen molar-refractivity contribution in [2.45, 2.75) is 13.8 Å². The van der Waals surface area contributed by atoms with Crippen LogP contribution in [0.2, 0.25) is 0 Å². The Morgan fingerprint density at radius 3 is 2.75 bits per heavy atom. The van der Waals surface area contributed by atoms with Crippen LogP contribution in [-0.2, 0) is 0 Å². The topological polar surface area (TPSA) is 46.5 Å². The van der Waals surface area contributed by atoms with Gasteiger partial charge in [-0.3, -0.25) is 5.10 Å². The summed E-state index contributed by atoms with van der Waals surface area (Å²) in [5.41, 5.74) is 3.13. The molecule has 0 bridgehead atoms. The fourth-order valence-corrected chi connectivity index (χ4v) is 1.95. The van der Waals surface area contributed by atoms with Crippen LogP contribution in [-0.4, -0.2) is 20.0 Å². The quantitative estimate of drug-likeness (QED) is 0.673. The summed E-state index contributed by atoms with van der Waals surface area (Å²) in [4.78, 5) is 0. The van der Waals surface area contributed by atoms with Crippen LogP contribution in [0.15, 0.2) is 30.3 Å². The van der Waals surface area contributed by atoms with Gasteiger partial charge in [0.05, 0.1) is 11.2 Å². The van der Waals surface area contributed by atoms with E-state index in [9.17, 15) is 0 Å². The Bertz CT molecular complexity index is 648. The summed E-state index contributed by atoms with van der Waals surface area (Å²) in [5, 5.41) is 12.9. The van der Waals surface area contributed by atoms with Crippen LogP contribution < -0.4 is 0 Å². The third-order valence-electron chi connectivity index (χ3n) is 2.66. The molecule has 0 amide bonds. The van der Waals surface area contributed by atoms with Gasteiger partial charge in [-0.05, 0) is 32.0 Å². The van der Waals surface area contributed by atoms with Gasteiger partial charge in [0.1, 0.15) is 0 Å². The van der Waals surface area contributed by atoms with Gasteiger partial charge in [0.15, 0.2) is 5.82 Å². The monoisotopic (exact) mass is 212 g/mol. The van der Waals surface area contributed by atoms with Crippen molar-refractivity contribution in [3.05, 3.63) is 41.7 Å². The third kappa shape index (κ3) is 1.23. The summed E-state index contributed by atoms with van der Waals surface area (Å²) in [5.74, 6) is 0.862. The molecule has 0 unspecified atom stereocenters. The molecule has 16 heavy (non-hydrogen) atoms. The SMILES string of the molecule is Cc1cc(C)n(-c2n[nH]c3ccccc23)n1. The Hall–Kier alpha value is -2.10. The van der Waals surface area contributed by atoms with Gasteiger partial charge in [-0.15, -0.1) is 0 Å². The highest BCUT2D eigenvalue weighted by molar-refractivity contribution is 5.85. The number of aromatic amines is 1. The number of nitrogens with one attached hydrogen (secondary N) is 1. The summed E-state index contributed by atoms with van der Waals surface area (Å²) in [7, 11) is 0. The number of benzene rings is 1. The predicted octanol–water partition coefficient (Wildman–Crippen LogP) is 2.37. The predicted molar refractivity (Wildman–Crippen MR) is 62.7 cm³/mol. The van der Waals surface area contributed by atoms with E-state index in [1.165, 1.54) is 0 Å². The number of fused-ring (bicyclic) bond motifs is 1. The number of hydrogen-bond donors (Lipinski definition) is 1. The smallest absolute Gasteiger partial charge is 0.182 e. The third-order valence-corrected chi connectivity index (χ3v) is 2.66. The second kappa shape index (κ2) is 3.20. The molecule has 4 heteroatoms. The highest BCUT2D eigenvalue weighted by atomic mass is 15.4. The summed E-state index contributed by atoms with van der Waals surface area (Å²) in [6, 6.07) is 10.1. The summed E-state index contributed by atoms with van der Waals surface area (Å²) in [6.07, 6.45) is 0. The molecule has 3 rings (SSSR count). The van der Waals surface area contributed by atoms with E-state index in [0.717, 1.165) is 28.1 Å². The number of nitrogens with zero attached hydrogens (tertiary/aromatic N) is 3. The zero-order valence-electron chi connectivity index (χ0n) is 9.23. The number of hydrogen-bond acceptors (Lipinski definition) is 2. The van der Waals surface area contributed by atoms with Crippen LogP contribution in [0.1, 0.15) is 11.4 Å². The van der Waals surface area contributed by atoms with Crippen LogP contribution >= 0.6 is 0 Å². The van der Waals surface area contributed by atoms with E-state index in [1.807, 2.05) is 48.9 Å². The Morgan fingerprint density at radius 1 is 1.19 bits per heavy atom. The maximum absolute atomic E-state index is 4.44. The minimum absolute atomic E-state index is 0.862. The average Bonchev–Trinajstić information content (AvgIpc) is 2.81. The second-order valence-electron chi connectivity index (χ2n) is 3.93. The largest absolute Gasteiger partial charge is 0.276 e. The second-order valence-corrected chi connectivity index (χ2v) is 3.93. The first-order valence-corrected chi connectivity index (χ1v) is 5.22. The molecular formula is C12H12N4. The van der Waals surface area contributed by atoms with Crippen LogP contribution in [0.25, 0.3) is 16.7 Å². The molecule has 0 atom stereocenters. The molecule has 4 nitrogen and oxygen atoms in total. The highest BCUT2D eigenvalue weighted by Crippen LogP contribution is 2.19. The molecule has 0 radical (unpaired) electrons. The number of aromatic nitrogens is 4. The van der Waals surface area contributed by atoms with Crippen LogP contribution in [0.4, 0.5) is 0 Å². The number of rotatable bonds is 1. The minimum atomic E-state index is 0.862. The number of aryl methyl sites for hydroxylation is 2. The maximum Gasteiger partial charge on any atom is 0.182 e. The standard InChI is InChI=1S/C12H12N4/c1-8-7-9(2)16(15-8)12-10-5-3-4-6-11(10)13-14-12/h3-7H,1-2H3,(H,13,14). The van der Waals surface area contributed by atoms with Crippen molar-refractivity contribution in [1.29, 1.82) is 0 Å². The molecule has 0 fully saturated rings. The minimum Gasteiger partial charge on any atom is -0.276 e. The molecular weight excluding hydrogens is 200 g/mol. The molecule has 0 aliphatic carbocycles. The van der Waals surface area contributed by atoms with Gasteiger partial charge >= 0.3 is 0 Å². The van der Waals surface area contributed by atoms with Crippen molar-refractivity contribution in [3.63, 3.8) is 0 Å². The molecule has 2 aromatic heterocycles. The number of para-hydroxylation sites is 1. The van der Waals surface area contributed by atoms with Crippen molar-refractivity contribution in [1.82, 2.24) is 20.0 Å². The van der Waals surface area contributed by atoms with E-state index in [0.29, 0.717) is 0 Å². The van der Waals surface area contributed by atoms with Crippen molar-refractivity contribution >= 4 is 10.9 Å². The van der Waals surface area contributed by atoms with Crippen LogP contribution in [0, 0.1) is 13.8 Å². The highest BCUT2D eigenvalue weighted by Gasteiger charge is 2.10. The van der Waals surface area contributed by atoms with Gasteiger partial charge in [0, 0.05) is 11.1 Å². The van der Waals surface area contributed by atoms with Gasteiger partial charge in [-0.2, -0.15) is 10.2 Å². The lowest BCUT2D eigenvalue weighted by Gasteiger charge is -1.99. The molecule has 0 spiro atoms. The molecule has 1 aromatic carbocycles. The van der Waals surface area contributed by atoms with E-state index in [4.69, 9.17) is 0 Å². The first-order valence-electron chi connectivity index (χ1n) is 5.22. The molecule has 1 N–H and O–H groups in total. The fraction of sp³-hybridized carbons (Fsp3) is 0.167. The summed E-state index contributed by atoms with van der Waals surface area (Å²) < 4.78 is 1.87. The molecule has 0 saturated heterocycles. The molecule has 0 saturated carbocycles. The van der Waals surface area contributed by atoms with Gasteiger partial charge in [0.25, 0.3) is 0 Å². The Kier molecular flexibility index (Phi) is 1.83. The lowest BCUT2D eigenvalue weighted by atomic mass is 10.2. The first-order chi connectivity index (χ1) is 7.75. The van der Waals surface area contributed by atoms with Crippen molar-refractivity contribution in [2.24, 2.45) is 0 Å². The van der Waals surface area contributed by atoms with Gasteiger partial charge in [-0.1, -0.05) is 12.1 Å². The molecule has 0 aliphatic heterocycles. The van der Waals surface area contributed by atoms with Crippen LogP contribution in [0.3, 0.4) is 0 Å². The van der Waals surface area contributed by atoms with Crippen LogP contribution in [0.5, 0.6) is 0 Å². The van der Waals surface area contributed by atoms with Crippen molar-refractivity contribution in [3.8, 4) is 5.82 Å². The van der Waals surface area contributed by atoms with Crippen molar-refractivity contribution < 1.29 is 0 Å². The van der Waals surface area contributed by atoms with E-state index in [2.05, 4.69) is 15.3 Å². The van der Waals surface area contributed by atoms with Gasteiger partial charge < -0.3 is 0 Å². The fourth-order valence-electron chi connectivity index (χ4n) is 1.95. The van der Waals surface area contributed by atoms with E-state index in [-0.39, 0.29) is 0 Å². The van der Waals surface area contributed by atoms with E-state index in [1.54, 1.807) is 0 Å². The van der Waals surface area contributed by atoms with E-state index < -0.39 is 0 Å². The zero-order valence-corrected chi connectivity index (χ0v) is 9.23. The average molecular weight is 212 g/mol. The molecule has 3 aromatic rings. The number of H-pyrrole nitrogens is 1. The maximum atomic E-state index is 4.44. The normalized spacial score (nSPS) is 11.1. The molecule has 80 valence electrons. The lowest BCUT2D eigenvalue weighted by molar-refractivity contribution is 0.803. The Balaban J connectivity index is 2.30. The Morgan fingerprint density at radius 2 is 2.00 bits per heavy atom. The molecule has 0 aliphatic rings. The summed E-state index contributed by atoms with van der Waals surface area (Å²) >= 11 is 0. The summed E-state index contributed by atoms with van der Waals surface area (Å²) in [6.45, 7) is 4.02. The van der Waals surface area contributed by atoms with Gasteiger partial charge in [0.2, 0.25) is 0 Å². The first kappa shape index (κ1) is 9.15. The Labute approximate surface area is 92.9 Å². The molecule has 2 heterocycles.